The largest absolute Gasteiger partial charge is 0.324 e. The summed E-state index contributed by atoms with van der Waals surface area (Å²) in [7, 11) is 0. The second-order valence-electron chi connectivity index (χ2n) is 5.63. The van der Waals surface area contributed by atoms with Crippen LogP contribution in [-0.4, -0.2) is 15.5 Å². The van der Waals surface area contributed by atoms with E-state index in [2.05, 4.69) is 10.3 Å². The molecule has 2 aromatic carbocycles. The first-order valence-corrected chi connectivity index (χ1v) is 8.46. The SMILES string of the molecule is O=C(Cn1cnc2c(sc3cccc(F)c32)c1=O)Nc1cccc(F)c1. The molecule has 0 unspecified atom stereocenters. The van der Waals surface area contributed by atoms with Gasteiger partial charge in [0.15, 0.2) is 0 Å². The first-order chi connectivity index (χ1) is 12.5. The van der Waals surface area contributed by atoms with Crippen molar-refractivity contribution in [2.75, 3.05) is 5.32 Å². The number of aromatic nitrogens is 2. The Balaban J connectivity index is 1.68. The van der Waals surface area contributed by atoms with Gasteiger partial charge in [-0.05, 0) is 30.3 Å². The molecule has 0 saturated heterocycles. The Morgan fingerprint density at radius 2 is 2.00 bits per heavy atom. The molecule has 1 N–H and O–H groups in total. The van der Waals surface area contributed by atoms with E-state index in [1.54, 1.807) is 18.2 Å². The monoisotopic (exact) mass is 371 g/mol. The zero-order valence-electron chi connectivity index (χ0n) is 13.2. The summed E-state index contributed by atoms with van der Waals surface area (Å²) in [4.78, 5) is 28.9. The molecule has 0 fully saturated rings. The maximum atomic E-state index is 14.0. The summed E-state index contributed by atoms with van der Waals surface area (Å²) in [5.41, 5.74) is 0.154. The van der Waals surface area contributed by atoms with Gasteiger partial charge in [-0.3, -0.25) is 14.2 Å². The number of fused-ring (bicyclic) bond motifs is 3. The molecule has 8 heteroatoms. The third-order valence-electron chi connectivity index (χ3n) is 3.84. The molecule has 2 aromatic heterocycles. The highest BCUT2D eigenvalue weighted by Gasteiger charge is 2.15. The summed E-state index contributed by atoms with van der Waals surface area (Å²) in [6.45, 7) is -0.283. The molecule has 0 spiro atoms. The van der Waals surface area contributed by atoms with Gasteiger partial charge in [-0.25, -0.2) is 13.8 Å². The second-order valence-corrected chi connectivity index (χ2v) is 6.68. The molecule has 0 radical (unpaired) electrons. The van der Waals surface area contributed by atoms with Crippen LogP contribution in [0.3, 0.4) is 0 Å². The van der Waals surface area contributed by atoms with E-state index < -0.39 is 23.1 Å². The average molecular weight is 371 g/mol. The fourth-order valence-electron chi connectivity index (χ4n) is 2.70. The molecule has 130 valence electrons. The Morgan fingerprint density at radius 1 is 1.19 bits per heavy atom. The van der Waals surface area contributed by atoms with Crippen molar-refractivity contribution < 1.29 is 13.6 Å². The summed E-state index contributed by atoms with van der Waals surface area (Å²) < 4.78 is 29.2. The number of hydrogen-bond acceptors (Lipinski definition) is 4. The molecule has 0 saturated carbocycles. The molecule has 26 heavy (non-hydrogen) atoms. The third-order valence-corrected chi connectivity index (χ3v) is 4.98. The molecule has 0 aliphatic heterocycles. The molecule has 4 aromatic rings. The number of nitrogens with zero attached hydrogens (tertiary/aromatic N) is 2. The normalized spacial score (nSPS) is 11.2. The number of amides is 1. The van der Waals surface area contributed by atoms with Gasteiger partial charge in [-0.2, -0.15) is 0 Å². The van der Waals surface area contributed by atoms with Crippen molar-refractivity contribution in [2.45, 2.75) is 6.54 Å². The van der Waals surface area contributed by atoms with Crippen molar-refractivity contribution in [3.8, 4) is 0 Å². The Bertz CT molecular complexity index is 1220. The van der Waals surface area contributed by atoms with Gasteiger partial charge < -0.3 is 5.32 Å². The van der Waals surface area contributed by atoms with Crippen molar-refractivity contribution in [1.29, 1.82) is 0 Å². The zero-order valence-corrected chi connectivity index (χ0v) is 14.0. The highest BCUT2D eigenvalue weighted by molar-refractivity contribution is 7.25. The van der Waals surface area contributed by atoms with E-state index in [4.69, 9.17) is 0 Å². The third kappa shape index (κ3) is 2.84. The summed E-state index contributed by atoms with van der Waals surface area (Å²) in [6.07, 6.45) is 1.22. The van der Waals surface area contributed by atoms with E-state index >= 15 is 0 Å². The summed E-state index contributed by atoms with van der Waals surface area (Å²) in [6, 6.07) is 10.0. The molecule has 1 amide bonds. The Labute approximate surface area is 149 Å². The van der Waals surface area contributed by atoms with Crippen molar-refractivity contribution in [2.24, 2.45) is 0 Å². The fourth-order valence-corrected chi connectivity index (χ4v) is 3.82. The minimum absolute atomic E-state index is 0.283. The van der Waals surface area contributed by atoms with Gasteiger partial charge in [0.1, 0.15) is 22.9 Å². The number of halogens is 2. The number of carbonyl (C=O) groups excluding carboxylic acids is 1. The predicted molar refractivity (Wildman–Crippen MR) is 96.4 cm³/mol. The Hall–Kier alpha value is -3.13. The van der Waals surface area contributed by atoms with Crippen molar-refractivity contribution >= 4 is 43.2 Å². The molecule has 0 aliphatic carbocycles. The molecule has 0 bridgehead atoms. The lowest BCUT2D eigenvalue weighted by atomic mass is 10.2. The molecule has 0 aliphatic rings. The number of anilines is 1. The summed E-state index contributed by atoms with van der Waals surface area (Å²) >= 11 is 1.13. The van der Waals surface area contributed by atoms with Crippen LogP contribution in [0.1, 0.15) is 0 Å². The van der Waals surface area contributed by atoms with Crippen LogP contribution in [-0.2, 0) is 11.3 Å². The Kier molecular flexibility index (Phi) is 3.96. The van der Waals surface area contributed by atoms with E-state index in [9.17, 15) is 18.4 Å². The van der Waals surface area contributed by atoms with Crippen LogP contribution in [0, 0.1) is 11.6 Å². The molecule has 0 atom stereocenters. The molecular weight excluding hydrogens is 360 g/mol. The van der Waals surface area contributed by atoms with Gasteiger partial charge in [0.05, 0.1) is 17.2 Å². The van der Waals surface area contributed by atoms with Gasteiger partial charge in [-0.1, -0.05) is 12.1 Å². The molecular formula is C18H11F2N3O2S. The van der Waals surface area contributed by atoms with Crippen LogP contribution >= 0.6 is 11.3 Å². The maximum absolute atomic E-state index is 14.0. The van der Waals surface area contributed by atoms with E-state index in [-0.39, 0.29) is 16.8 Å². The van der Waals surface area contributed by atoms with Gasteiger partial charge in [0.2, 0.25) is 5.91 Å². The quantitative estimate of drug-likeness (QED) is 0.599. The van der Waals surface area contributed by atoms with E-state index in [1.165, 1.54) is 30.6 Å². The number of benzene rings is 2. The van der Waals surface area contributed by atoms with Crippen LogP contribution in [0.5, 0.6) is 0 Å². The number of nitrogens with one attached hydrogen (secondary N) is 1. The standard InChI is InChI=1S/C18H11F2N3O2S/c19-10-3-1-4-11(7-10)22-14(24)8-23-9-21-16-15-12(20)5-2-6-13(15)26-17(16)18(23)25/h1-7,9H,8H2,(H,22,24). The highest BCUT2D eigenvalue weighted by atomic mass is 32.1. The van der Waals surface area contributed by atoms with Crippen molar-refractivity contribution in [3.63, 3.8) is 0 Å². The first kappa shape index (κ1) is 16.3. The van der Waals surface area contributed by atoms with Crippen molar-refractivity contribution in [3.05, 3.63) is 70.8 Å². The minimum atomic E-state index is -0.494. The molecule has 4 rings (SSSR count). The number of carbonyl (C=O) groups is 1. The van der Waals surface area contributed by atoms with Crippen LogP contribution < -0.4 is 10.9 Å². The molecule has 2 heterocycles. The average Bonchev–Trinajstić information content (AvgIpc) is 2.98. The van der Waals surface area contributed by atoms with E-state index in [1.807, 2.05) is 0 Å². The summed E-state index contributed by atoms with van der Waals surface area (Å²) in [5, 5.41) is 2.83. The fraction of sp³-hybridized carbons (Fsp3) is 0.0556. The number of rotatable bonds is 3. The predicted octanol–water partition coefficient (Wildman–Crippen LogP) is 3.53. The van der Waals surface area contributed by atoms with Crippen molar-refractivity contribution in [1.82, 2.24) is 9.55 Å². The lowest BCUT2D eigenvalue weighted by molar-refractivity contribution is -0.116. The van der Waals surface area contributed by atoms with E-state index in [0.717, 1.165) is 15.9 Å². The van der Waals surface area contributed by atoms with Crippen LogP contribution in [0.4, 0.5) is 14.5 Å². The second kappa shape index (κ2) is 6.30. The molecule has 5 nitrogen and oxygen atoms in total. The summed E-state index contributed by atoms with van der Waals surface area (Å²) in [5.74, 6) is -1.41. The number of thiophene rings is 1. The Morgan fingerprint density at radius 3 is 2.81 bits per heavy atom. The van der Waals surface area contributed by atoms with Crippen LogP contribution in [0.15, 0.2) is 53.6 Å². The minimum Gasteiger partial charge on any atom is -0.324 e. The van der Waals surface area contributed by atoms with E-state index in [0.29, 0.717) is 15.8 Å². The zero-order chi connectivity index (χ0) is 18.3. The van der Waals surface area contributed by atoms with Gasteiger partial charge in [-0.15, -0.1) is 11.3 Å². The lowest BCUT2D eigenvalue weighted by Crippen LogP contribution is -2.27. The van der Waals surface area contributed by atoms with Gasteiger partial charge >= 0.3 is 0 Å². The maximum Gasteiger partial charge on any atom is 0.271 e. The topological polar surface area (TPSA) is 64.0 Å². The van der Waals surface area contributed by atoms with Crippen LogP contribution in [0.25, 0.3) is 20.3 Å². The van der Waals surface area contributed by atoms with Crippen LogP contribution in [0.2, 0.25) is 0 Å². The first-order valence-electron chi connectivity index (χ1n) is 7.64. The lowest BCUT2D eigenvalue weighted by Gasteiger charge is -2.07. The van der Waals surface area contributed by atoms with Gasteiger partial charge in [0.25, 0.3) is 5.56 Å². The van der Waals surface area contributed by atoms with Gasteiger partial charge in [0, 0.05) is 10.4 Å². The smallest absolute Gasteiger partial charge is 0.271 e. The highest BCUT2D eigenvalue weighted by Crippen LogP contribution is 2.31. The number of hydrogen-bond donors (Lipinski definition) is 1.